The first-order valence-electron chi connectivity index (χ1n) is 4.63. The van der Waals surface area contributed by atoms with Crippen LogP contribution in [0.4, 0.5) is 0 Å². The van der Waals surface area contributed by atoms with E-state index in [1.165, 1.54) is 11.8 Å². The zero-order valence-electron chi connectivity index (χ0n) is 7.77. The molecule has 1 fully saturated rings. The van der Waals surface area contributed by atoms with Crippen molar-refractivity contribution in [2.24, 2.45) is 4.99 Å². The molecule has 0 bridgehead atoms. The largest absolute Gasteiger partial charge is 0.395 e. The summed E-state index contributed by atoms with van der Waals surface area (Å²) < 4.78 is 0. The lowest BCUT2D eigenvalue weighted by Crippen LogP contribution is -2.53. The van der Waals surface area contributed by atoms with E-state index < -0.39 is 0 Å². The second-order valence-corrected chi connectivity index (χ2v) is 4.30. The van der Waals surface area contributed by atoms with Crippen molar-refractivity contribution >= 4 is 22.8 Å². The van der Waals surface area contributed by atoms with Crippen LogP contribution in [0.2, 0.25) is 0 Å². The molecule has 2 heterocycles. The topological polar surface area (TPSA) is 64.9 Å². The molecule has 2 aliphatic rings. The minimum Gasteiger partial charge on any atom is -0.395 e. The van der Waals surface area contributed by atoms with Gasteiger partial charge in [-0.2, -0.15) is 4.99 Å². The van der Waals surface area contributed by atoms with Crippen LogP contribution < -0.4 is 5.32 Å². The van der Waals surface area contributed by atoms with Crippen molar-refractivity contribution in [3.63, 3.8) is 0 Å². The van der Waals surface area contributed by atoms with E-state index in [4.69, 9.17) is 5.11 Å². The number of hydrogen-bond acceptors (Lipinski definition) is 5. The maximum Gasteiger partial charge on any atom is 0.258 e. The van der Waals surface area contributed by atoms with E-state index in [1.807, 2.05) is 0 Å². The zero-order chi connectivity index (χ0) is 9.97. The number of aliphatic hydroxyl groups is 1. The Morgan fingerprint density at radius 3 is 3.21 bits per heavy atom. The zero-order valence-corrected chi connectivity index (χ0v) is 8.59. The van der Waals surface area contributed by atoms with Crippen molar-refractivity contribution in [3.8, 4) is 0 Å². The van der Waals surface area contributed by atoms with Gasteiger partial charge in [0.15, 0.2) is 5.17 Å². The first kappa shape index (κ1) is 9.95. The fraction of sp³-hybridized carbons (Fsp3) is 0.750. The van der Waals surface area contributed by atoms with Crippen LogP contribution in [-0.2, 0) is 4.79 Å². The van der Waals surface area contributed by atoms with E-state index in [9.17, 15) is 4.79 Å². The van der Waals surface area contributed by atoms with Crippen LogP contribution in [0.5, 0.6) is 0 Å². The van der Waals surface area contributed by atoms with Gasteiger partial charge in [0, 0.05) is 25.7 Å². The summed E-state index contributed by atoms with van der Waals surface area (Å²) in [5.41, 5.74) is 0. The molecule has 0 spiro atoms. The van der Waals surface area contributed by atoms with Gasteiger partial charge < -0.3 is 15.3 Å². The number of thioether (sulfide) groups is 1. The van der Waals surface area contributed by atoms with Crippen molar-refractivity contribution in [1.82, 2.24) is 10.2 Å². The Hall–Kier alpha value is -0.590. The number of rotatable bonds is 1. The number of aliphatic imine (C=N–C) groups is 1. The van der Waals surface area contributed by atoms with Crippen LogP contribution in [0, 0.1) is 0 Å². The van der Waals surface area contributed by atoms with Crippen molar-refractivity contribution in [2.45, 2.75) is 6.04 Å². The summed E-state index contributed by atoms with van der Waals surface area (Å²) in [7, 11) is 0. The number of hydrogen-bond donors (Lipinski definition) is 2. The molecular weight excluding hydrogens is 202 g/mol. The first-order chi connectivity index (χ1) is 6.79. The molecule has 0 aromatic heterocycles. The van der Waals surface area contributed by atoms with E-state index in [-0.39, 0.29) is 18.6 Å². The van der Waals surface area contributed by atoms with E-state index in [2.05, 4.69) is 15.2 Å². The van der Waals surface area contributed by atoms with Gasteiger partial charge in [0.25, 0.3) is 5.91 Å². The Morgan fingerprint density at radius 1 is 1.71 bits per heavy atom. The quantitative estimate of drug-likeness (QED) is 0.580. The lowest BCUT2D eigenvalue weighted by molar-refractivity contribution is -0.115. The van der Waals surface area contributed by atoms with Gasteiger partial charge in [-0.25, -0.2) is 0 Å². The Morgan fingerprint density at radius 2 is 2.57 bits per heavy atom. The number of piperazine rings is 1. The number of nitrogens with zero attached hydrogens (tertiary/aromatic N) is 2. The predicted molar refractivity (Wildman–Crippen MR) is 55.3 cm³/mol. The predicted octanol–water partition coefficient (Wildman–Crippen LogP) is -1.12. The number of carbonyl (C=O) groups excluding carboxylic acids is 1. The maximum absolute atomic E-state index is 10.9. The van der Waals surface area contributed by atoms with Gasteiger partial charge >= 0.3 is 0 Å². The molecule has 0 unspecified atom stereocenters. The fourth-order valence-corrected chi connectivity index (χ4v) is 2.41. The van der Waals surface area contributed by atoms with Gasteiger partial charge in [0.05, 0.1) is 12.4 Å². The van der Waals surface area contributed by atoms with Gasteiger partial charge in [-0.1, -0.05) is 11.8 Å². The number of nitrogens with one attached hydrogen (secondary N) is 1. The molecule has 0 aromatic rings. The second-order valence-electron chi connectivity index (χ2n) is 3.36. The van der Waals surface area contributed by atoms with Crippen LogP contribution >= 0.6 is 11.8 Å². The molecule has 1 amide bonds. The molecule has 1 saturated heterocycles. The number of amidine groups is 1. The lowest BCUT2D eigenvalue weighted by Gasteiger charge is -2.33. The Balaban J connectivity index is 1.97. The van der Waals surface area contributed by atoms with Crippen LogP contribution in [0.3, 0.4) is 0 Å². The summed E-state index contributed by atoms with van der Waals surface area (Å²) >= 11 is 1.49. The maximum atomic E-state index is 10.9. The molecular formula is C8H13N3O2S. The minimum absolute atomic E-state index is 0.0518. The summed E-state index contributed by atoms with van der Waals surface area (Å²) in [5.74, 6) is 0.410. The van der Waals surface area contributed by atoms with Crippen LogP contribution in [0.1, 0.15) is 0 Å². The van der Waals surface area contributed by atoms with Crippen molar-refractivity contribution in [3.05, 3.63) is 0 Å². The van der Waals surface area contributed by atoms with Crippen molar-refractivity contribution in [1.29, 1.82) is 0 Å². The van der Waals surface area contributed by atoms with Crippen molar-refractivity contribution < 1.29 is 9.90 Å². The SMILES string of the molecule is O=C1CSC(N2CCN[C@@H](CO)C2)=N1. The van der Waals surface area contributed by atoms with Crippen LogP contribution in [-0.4, -0.2) is 59.1 Å². The Bertz CT molecular complexity index is 269. The van der Waals surface area contributed by atoms with E-state index in [0.29, 0.717) is 5.75 Å². The average Bonchev–Trinajstić information content (AvgIpc) is 2.65. The molecule has 78 valence electrons. The highest BCUT2D eigenvalue weighted by molar-refractivity contribution is 8.14. The van der Waals surface area contributed by atoms with E-state index >= 15 is 0 Å². The molecule has 2 N–H and O–H groups in total. The fourth-order valence-electron chi connectivity index (χ4n) is 1.58. The van der Waals surface area contributed by atoms with Gasteiger partial charge in [0.2, 0.25) is 0 Å². The van der Waals surface area contributed by atoms with E-state index in [0.717, 1.165) is 24.8 Å². The summed E-state index contributed by atoms with van der Waals surface area (Å²) in [6.45, 7) is 2.55. The van der Waals surface area contributed by atoms with Crippen molar-refractivity contribution in [2.75, 3.05) is 32.0 Å². The lowest BCUT2D eigenvalue weighted by atomic mass is 10.2. The third-order valence-electron chi connectivity index (χ3n) is 2.29. The molecule has 0 radical (unpaired) electrons. The van der Waals surface area contributed by atoms with Gasteiger partial charge in [-0.05, 0) is 0 Å². The van der Waals surface area contributed by atoms with Gasteiger partial charge in [-0.3, -0.25) is 4.79 Å². The Kier molecular flexibility index (Phi) is 3.05. The number of aliphatic hydroxyl groups excluding tert-OH is 1. The molecule has 0 saturated carbocycles. The summed E-state index contributed by atoms with van der Waals surface area (Å²) in [6.07, 6.45) is 0. The molecule has 14 heavy (non-hydrogen) atoms. The average molecular weight is 215 g/mol. The van der Waals surface area contributed by atoms with E-state index in [1.54, 1.807) is 0 Å². The third-order valence-corrected chi connectivity index (χ3v) is 3.29. The summed E-state index contributed by atoms with van der Waals surface area (Å²) in [5, 5.41) is 13.0. The molecule has 2 rings (SSSR count). The van der Waals surface area contributed by atoms with Gasteiger partial charge in [0.1, 0.15) is 0 Å². The highest BCUT2D eigenvalue weighted by atomic mass is 32.2. The highest BCUT2D eigenvalue weighted by Crippen LogP contribution is 2.17. The molecule has 0 aliphatic carbocycles. The monoisotopic (exact) mass is 215 g/mol. The highest BCUT2D eigenvalue weighted by Gasteiger charge is 2.25. The normalized spacial score (nSPS) is 28.1. The standard InChI is InChI=1S/C8H13N3O2S/c12-4-6-3-11(2-1-9-6)8-10-7(13)5-14-8/h6,9,12H,1-5H2/t6-/m1/s1. The number of amides is 1. The summed E-state index contributed by atoms with van der Waals surface area (Å²) in [4.78, 5) is 16.9. The molecule has 0 aromatic carbocycles. The third kappa shape index (κ3) is 2.08. The molecule has 1 atom stereocenters. The second kappa shape index (κ2) is 4.29. The minimum atomic E-state index is -0.0518. The Labute approximate surface area is 86.6 Å². The van der Waals surface area contributed by atoms with Crippen LogP contribution in [0.25, 0.3) is 0 Å². The number of carbonyl (C=O) groups is 1. The molecule has 2 aliphatic heterocycles. The summed E-state index contributed by atoms with van der Waals surface area (Å²) in [6, 6.07) is 0.0998. The molecule has 6 heteroatoms. The van der Waals surface area contributed by atoms with Gasteiger partial charge in [-0.15, -0.1) is 0 Å². The first-order valence-corrected chi connectivity index (χ1v) is 5.61. The smallest absolute Gasteiger partial charge is 0.258 e. The molecule has 5 nitrogen and oxygen atoms in total. The van der Waals surface area contributed by atoms with Crippen LogP contribution in [0.15, 0.2) is 4.99 Å².